The van der Waals surface area contributed by atoms with Crippen LogP contribution in [0.15, 0.2) is 36.5 Å². The lowest BCUT2D eigenvalue weighted by atomic mass is 9.98. The molecule has 1 aliphatic heterocycles. The second kappa shape index (κ2) is 49.2. The number of ether oxygens (including phenoxy) is 2. The van der Waals surface area contributed by atoms with Crippen molar-refractivity contribution in [3.05, 3.63) is 36.5 Å². The fraction of sp³-hybridized carbons (Fsp3) is 0.883. The lowest BCUT2D eigenvalue weighted by Gasteiger charge is -2.40. The van der Waals surface area contributed by atoms with Gasteiger partial charge >= 0.3 is 0 Å². The Hall–Kier alpha value is -1.67. The van der Waals surface area contributed by atoms with E-state index in [0.717, 1.165) is 51.4 Å². The average Bonchev–Trinajstić information content (AvgIpc) is 3.37. The van der Waals surface area contributed by atoms with Gasteiger partial charge in [0.05, 0.1) is 25.4 Å². The molecule has 0 spiro atoms. The summed E-state index contributed by atoms with van der Waals surface area (Å²) in [6.45, 7) is 3.46. The summed E-state index contributed by atoms with van der Waals surface area (Å²) in [7, 11) is 0. The number of carbonyl (C=O) groups excluding carboxylic acids is 1. The van der Waals surface area contributed by atoms with Gasteiger partial charge in [-0.05, 0) is 70.6 Å². The third-order valence-electron chi connectivity index (χ3n) is 14.4. The minimum Gasteiger partial charge on any atom is -0.394 e. The van der Waals surface area contributed by atoms with Crippen LogP contribution in [0.4, 0.5) is 0 Å². The summed E-state index contributed by atoms with van der Waals surface area (Å²) < 4.78 is 11.1. The molecule has 0 aromatic heterocycles. The molecule has 9 atom stereocenters. The van der Waals surface area contributed by atoms with E-state index >= 15 is 0 Å². The fourth-order valence-electron chi connectivity index (χ4n) is 9.53. The lowest BCUT2D eigenvalue weighted by Crippen LogP contribution is -2.60. The smallest absolute Gasteiger partial charge is 0.249 e. The normalized spacial score (nSPS) is 20.4. The Bertz CT molecular complexity index is 1250. The Labute approximate surface area is 435 Å². The van der Waals surface area contributed by atoms with E-state index in [1.165, 1.54) is 180 Å². The van der Waals surface area contributed by atoms with Crippen molar-refractivity contribution >= 4 is 5.91 Å². The van der Waals surface area contributed by atoms with E-state index in [1.807, 2.05) is 0 Å². The first-order valence-corrected chi connectivity index (χ1v) is 29.9. The topological polar surface area (TPSA) is 189 Å². The van der Waals surface area contributed by atoms with E-state index in [4.69, 9.17) is 9.47 Å². The molecule has 1 aliphatic rings. The van der Waals surface area contributed by atoms with Crippen LogP contribution in [0.1, 0.15) is 271 Å². The molecule has 1 heterocycles. The molecular formula is C60H113NO10. The van der Waals surface area contributed by atoms with Crippen LogP contribution >= 0.6 is 0 Å². The highest BCUT2D eigenvalue weighted by molar-refractivity contribution is 5.80. The Morgan fingerprint density at radius 3 is 1.30 bits per heavy atom. The number of hydrogen-bond donors (Lipinski definition) is 8. The summed E-state index contributed by atoms with van der Waals surface area (Å²) in [6.07, 6.45) is 49.1. The molecule has 418 valence electrons. The van der Waals surface area contributed by atoms with E-state index in [0.29, 0.717) is 12.8 Å². The monoisotopic (exact) mass is 1010 g/mol. The number of aliphatic hydroxyl groups excluding tert-OH is 7. The summed E-state index contributed by atoms with van der Waals surface area (Å²) in [5, 5.41) is 76.1. The van der Waals surface area contributed by atoms with E-state index in [-0.39, 0.29) is 12.8 Å². The molecule has 1 saturated heterocycles. The molecule has 0 radical (unpaired) electrons. The predicted molar refractivity (Wildman–Crippen MR) is 293 cm³/mol. The summed E-state index contributed by atoms with van der Waals surface area (Å²) in [5.41, 5.74) is 0. The average molecular weight is 1010 g/mol. The van der Waals surface area contributed by atoms with Crippen LogP contribution in [0.3, 0.4) is 0 Å². The third-order valence-corrected chi connectivity index (χ3v) is 14.4. The number of hydrogen-bond acceptors (Lipinski definition) is 10. The summed E-state index contributed by atoms with van der Waals surface area (Å²) >= 11 is 0. The minimum absolute atomic E-state index is 0.251. The molecule has 1 fully saturated rings. The third kappa shape index (κ3) is 37.7. The van der Waals surface area contributed by atoms with Crippen molar-refractivity contribution < 1.29 is 50.0 Å². The van der Waals surface area contributed by atoms with Gasteiger partial charge in [-0.25, -0.2) is 0 Å². The summed E-state index contributed by atoms with van der Waals surface area (Å²) in [6, 6.07) is -1.19. The van der Waals surface area contributed by atoms with Crippen molar-refractivity contribution in [1.82, 2.24) is 5.32 Å². The molecule has 0 aliphatic carbocycles. The van der Waals surface area contributed by atoms with E-state index < -0.39 is 74.2 Å². The van der Waals surface area contributed by atoms with Gasteiger partial charge in [0.15, 0.2) is 6.29 Å². The Morgan fingerprint density at radius 1 is 0.493 bits per heavy atom. The highest BCUT2D eigenvalue weighted by atomic mass is 16.7. The minimum atomic E-state index is -1.67. The number of amides is 1. The Kier molecular flexibility index (Phi) is 46.7. The molecule has 0 aromatic carbocycles. The summed E-state index contributed by atoms with van der Waals surface area (Å²) in [4.78, 5) is 13.2. The van der Waals surface area contributed by atoms with Gasteiger partial charge in [0, 0.05) is 0 Å². The molecule has 11 heteroatoms. The van der Waals surface area contributed by atoms with Gasteiger partial charge in [0.1, 0.15) is 36.6 Å². The van der Waals surface area contributed by atoms with Crippen molar-refractivity contribution in [3.63, 3.8) is 0 Å². The van der Waals surface area contributed by atoms with E-state index in [9.17, 15) is 40.5 Å². The highest BCUT2D eigenvalue weighted by Gasteiger charge is 2.44. The quantitative estimate of drug-likeness (QED) is 0.0215. The molecule has 0 bridgehead atoms. The zero-order chi connectivity index (χ0) is 51.8. The Morgan fingerprint density at radius 2 is 0.873 bits per heavy atom. The zero-order valence-electron chi connectivity index (χ0n) is 45.7. The number of aliphatic hydroxyl groups is 7. The van der Waals surface area contributed by atoms with Crippen molar-refractivity contribution in [2.45, 2.75) is 326 Å². The molecular weight excluding hydrogens is 895 g/mol. The van der Waals surface area contributed by atoms with Gasteiger partial charge in [-0.2, -0.15) is 0 Å². The molecule has 71 heavy (non-hydrogen) atoms. The highest BCUT2D eigenvalue weighted by Crippen LogP contribution is 2.23. The van der Waals surface area contributed by atoms with Gasteiger partial charge in [0.2, 0.25) is 5.91 Å². The second-order valence-electron chi connectivity index (χ2n) is 21.1. The Balaban J connectivity index is 2.30. The van der Waals surface area contributed by atoms with Crippen LogP contribution < -0.4 is 5.32 Å². The van der Waals surface area contributed by atoms with Gasteiger partial charge in [0.25, 0.3) is 0 Å². The van der Waals surface area contributed by atoms with Crippen molar-refractivity contribution in [2.24, 2.45) is 0 Å². The molecule has 0 aromatic rings. The SMILES string of the molecule is CCCCCCCCCCC/C=C\C/C=C\CCCCCCCCCCCCC(O)C(=O)NC(COC1OC(CO)C(O)C(O)C1O)C(O)C(O)CCC/C=C/CCCCCCCCCCCCCCC. The number of nitrogens with one attached hydrogen (secondary N) is 1. The molecule has 0 saturated carbocycles. The standard InChI is InChI=1S/C60H113NO10/c1-3-5-7-9-11-13-15-17-19-21-23-24-25-26-27-28-29-30-32-34-36-38-40-42-44-46-48-53(64)59(69)61-51(50-70-60-58(68)57(67)56(66)54(49-62)71-60)55(65)52(63)47-45-43-41-39-37-35-33-31-22-20-18-16-14-12-10-8-6-4-2/h23-24,26-27,39,41,51-58,60,62-68H,3-22,25,28-38,40,42-50H2,1-2H3,(H,61,69)/b24-23-,27-26-,41-39+. The first-order chi connectivity index (χ1) is 34.7. The molecule has 9 unspecified atom stereocenters. The van der Waals surface area contributed by atoms with Crippen LogP contribution in [-0.4, -0.2) is 110 Å². The van der Waals surface area contributed by atoms with Crippen molar-refractivity contribution in [3.8, 4) is 0 Å². The number of unbranched alkanes of at least 4 members (excludes halogenated alkanes) is 33. The fourth-order valence-corrected chi connectivity index (χ4v) is 9.53. The van der Waals surface area contributed by atoms with Crippen molar-refractivity contribution in [2.75, 3.05) is 13.2 Å². The number of rotatable bonds is 51. The lowest BCUT2D eigenvalue weighted by molar-refractivity contribution is -0.303. The van der Waals surface area contributed by atoms with Crippen LogP contribution in [0.25, 0.3) is 0 Å². The molecule has 8 N–H and O–H groups in total. The predicted octanol–water partition coefficient (Wildman–Crippen LogP) is 12.7. The maximum atomic E-state index is 13.2. The first-order valence-electron chi connectivity index (χ1n) is 29.9. The second-order valence-corrected chi connectivity index (χ2v) is 21.1. The summed E-state index contributed by atoms with van der Waals surface area (Å²) in [5.74, 6) is -0.707. The van der Waals surface area contributed by atoms with E-state index in [2.05, 4.69) is 55.6 Å². The maximum absolute atomic E-state index is 13.2. The van der Waals surface area contributed by atoms with Gasteiger partial charge in [-0.15, -0.1) is 0 Å². The van der Waals surface area contributed by atoms with Crippen LogP contribution in [0.2, 0.25) is 0 Å². The largest absolute Gasteiger partial charge is 0.394 e. The zero-order valence-corrected chi connectivity index (χ0v) is 45.7. The van der Waals surface area contributed by atoms with Crippen LogP contribution in [0, 0.1) is 0 Å². The molecule has 1 amide bonds. The van der Waals surface area contributed by atoms with Gasteiger partial charge in [-0.3, -0.25) is 4.79 Å². The number of carbonyl (C=O) groups is 1. The number of allylic oxidation sites excluding steroid dienone is 6. The van der Waals surface area contributed by atoms with Crippen molar-refractivity contribution in [1.29, 1.82) is 0 Å². The van der Waals surface area contributed by atoms with Crippen LogP contribution in [0.5, 0.6) is 0 Å². The van der Waals surface area contributed by atoms with E-state index in [1.54, 1.807) is 0 Å². The molecule has 1 rings (SSSR count). The maximum Gasteiger partial charge on any atom is 0.249 e. The molecule has 11 nitrogen and oxygen atoms in total. The van der Waals surface area contributed by atoms with Gasteiger partial charge < -0.3 is 50.5 Å². The first kappa shape index (κ1) is 67.3. The van der Waals surface area contributed by atoms with Crippen LogP contribution in [-0.2, 0) is 14.3 Å². The van der Waals surface area contributed by atoms with Gasteiger partial charge in [-0.1, -0.05) is 237 Å².